The quantitative estimate of drug-likeness (QED) is 0.782. The first kappa shape index (κ1) is 16.0. The van der Waals surface area contributed by atoms with Crippen LogP contribution in [-0.2, 0) is 11.3 Å². The third-order valence-corrected chi connectivity index (χ3v) is 4.93. The Morgan fingerprint density at radius 3 is 2.75 bits per heavy atom. The minimum atomic E-state index is 0.0631. The van der Waals surface area contributed by atoms with Gasteiger partial charge in [-0.1, -0.05) is 13.8 Å². The van der Waals surface area contributed by atoms with Gasteiger partial charge in [-0.05, 0) is 54.6 Å². The van der Waals surface area contributed by atoms with E-state index >= 15 is 0 Å². The van der Waals surface area contributed by atoms with E-state index in [0.717, 1.165) is 30.4 Å². The van der Waals surface area contributed by atoms with Crippen molar-refractivity contribution in [3.8, 4) is 0 Å². The van der Waals surface area contributed by atoms with Crippen LogP contribution in [-0.4, -0.2) is 29.0 Å². The minimum Gasteiger partial charge on any atom is -0.378 e. The fraction of sp³-hybridized carbons (Fsp3) is 0.800. The maximum absolute atomic E-state index is 5.80. The van der Waals surface area contributed by atoms with Crippen LogP contribution in [0.2, 0.25) is 0 Å². The summed E-state index contributed by atoms with van der Waals surface area (Å²) < 4.78 is 9.03. The Hall–Kier alpha value is -0.390. The second-order valence-corrected chi connectivity index (χ2v) is 6.51. The van der Waals surface area contributed by atoms with Crippen LogP contribution in [0, 0.1) is 0 Å². The summed E-state index contributed by atoms with van der Waals surface area (Å²) in [5, 5.41) is 8.11. The number of halogens is 1. The Morgan fingerprint density at radius 1 is 1.50 bits per heavy atom. The summed E-state index contributed by atoms with van der Waals surface area (Å²) in [5.41, 5.74) is 1.32. The lowest BCUT2D eigenvalue weighted by molar-refractivity contribution is -0.0842. The average molecular weight is 344 g/mol. The van der Waals surface area contributed by atoms with Crippen molar-refractivity contribution in [3.05, 3.63) is 16.4 Å². The van der Waals surface area contributed by atoms with Crippen LogP contribution in [0.3, 0.4) is 0 Å². The van der Waals surface area contributed by atoms with Gasteiger partial charge in [0.2, 0.25) is 0 Å². The molecular formula is C15H26BrN3O. The van der Waals surface area contributed by atoms with Gasteiger partial charge in [-0.15, -0.1) is 0 Å². The summed E-state index contributed by atoms with van der Waals surface area (Å²) in [4.78, 5) is 0. The van der Waals surface area contributed by atoms with E-state index in [1.807, 2.05) is 13.3 Å². The summed E-state index contributed by atoms with van der Waals surface area (Å²) in [5.74, 6) is 0. The number of rotatable bonds is 8. The fourth-order valence-corrected chi connectivity index (χ4v) is 3.63. The number of methoxy groups -OCH3 is 1. The van der Waals surface area contributed by atoms with Gasteiger partial charge in [0.15, 0.2) is 0 Å². The van der Waals surface area contributed by atoms with Crippen molar-refractivity contribution in [2.45, 2.75) is 64.1 Å². The lowest BCUT2D eigenvalue weighted by Gasteiger charge is -2.43. The summed E-state index contributed by atoms with van der Waals surface area (Å²) in [6.45, 7) is 6.25. The molecule has 1 fully saturated rings. The van der Waals surface area contributed by atoms with E-state index < -0.39 is 0 Å². The number of aryl methyl sites for hydroxylation is 1. The zero-order valence-corrected chi connectivity index (χ0v) is 14.4. The summed E-state index contributed by atoms with van der Waals surface area (Å²) in [6, 6.07) is 0.295. The Morgan fingerprint density at radius 2 is 2.25 bits per heavy atom. The Kier molecular flexibility index (Phi) is 5.64. The van der Waals surface area contributed by atoms with Crippen LogP contribution in [0.15, 0.2) is 10.7 Å². The van der Waals surface area contributed by atoms with Gasteiger partial charge in [0.05, 0.1) is 28.0 Å². The molecule has 4 nitrogen and oxygen atoms in total. The number of hydrogen-bond acceptors (Lipinski definition) is 3. The molecule has 1 aliphatic rings. The van der Waals surface area contributed by atoms with Gasteiger partial charge in [0.25, 0.3) is 0 Å². The Labute approximate surface area is 130 Å². The van der Waals surface area contributed by atoms with E-state index in [0.29, 0.717) is 6.04 Å². The minimum absolute atomic E-state index is 0.0631. The summed E-state index contributed by atoms with van der Waals surface area (Å²) in [7, 11) is 1.85. The molecule has 0 aromatic carbocycles. The highest BCUT2D eigenvalue weighted by Gasteiger charge is 2.40. The van der Waals surface area contributed by atoms with Crippen LogP contribution in [0.25, 0.3) is 0 Å². The van der Waals surface area contributed by atoms with Gasteiger partial charge in [0.1, 0.15) is 0 Å². The first-order valence-electron chi connectivity index (χ1n) is 7.65. The predicted octanol–water partition coefficient (Wildman–Crippen LogP) is 3.67. The van der Waals surface area contributed by atoms with Crippen LogP contribution < -0.4 is 5.32 Å². The highest BCUT2D eigenvalue weighted by molar-refractivity contribution is 9.10. The first-order chi connectivity index (χ1) is 9.65. The summed E-state index contributed by atoms with van der Waals surface area (Å²) >= 11 is 3.66. The number of aromatic nitrogens is 2. The Bertz CT molecular complexity index is 423. The molecule has 20 heavy (non-hydrogen) atoms. The van der Waals surface area contributed by atoms with E-state index in [2.05, 4.69) is 44.9 Å². The van der Waals surface area contributed by atoms with Gasteiger partial charge in [-0.2, -0.15) is 5.10 Å². The lowest BCUT2D eigenvalue weighted by atomic mass is 9.75. The van der Waals surface area contributed by atoms with Crippen molar-refractivity contribution in [1.82, 2.24) is 15.1 Å². The first-order valence-corrected chi connectivity index (χ1v) is 8.45. The van der Waals surface area contributed by atoms with E-state index in [9.17, 15) is 0 Å². The smallest absolute Gasteiger partial charge is 0.0697 e. The molecule has 2 rings (SSSR count). The molecule has 1 atom stereocenters. The molecule has 0 spiro atoms. The summed E-state index contributed by atoms with van der Waals surface area (Å²) in [6.07, 6.45) is 7.65. The SMILES string of the molecule is CCCn1ncc(Br)c1C(CC1(OC)CCC1)NCC. The highest BCUT2D eigenvalue weighted by atomic mass is 79.9. The van der Waals surface area contributed by atoms with Crippen molar-refractivity contribution in [2.75, 3.05) is 13.7 Å². The van der Waals surface area contributed by atoms with Crippen molar-refractivity contribution >= 4 is 15.9 Å². The van der Waals surface area contributed by atoms with E-state index in [1.165, 1.54) is 25.0 Å². The van der Waals surface area contributed by atoms with Crippen LogP contribution >= 0.6 is 15.9 Å². The molecule has 0 aliphatic heterocycles. The lowest BCUT2D eigenvalue weighted by Crippen LogP contribution is -2.43. The molecule has 114 valence electrons. The molecule has 5 heteroatoms. The molecule has 1 heterocycles. The predicted molar refractivity (Wildman–Crippen MR) is 84.8 cm³/mol. The highest BCUT2D eigenvalue weighted by Crippen LogP contribution is 2.42. The largest absolute Gasteiger partial charge is 0.378 e. The van der Waals surface area contributed by atoms with Gasteiger partial charge < -0.3 is 10.1 Å². The molecule has 1 aliphatic carbocycles. The van der Waals surface area contributed by atoms with E-state index in [1.54, 1.807) is 0 Å². The molecule has 1 unspecified atom stereocenters. The molecule has 1 saturated carbocycles. The second-order valence-electron chi connectivity index (χ2n) is 5.66. The van der Waals surface area contributed by atoms with Crippen LogP contribution in [0.1, 0.15) is 57.7 Å². The molecule has 0 bridgehead atoms. The number of ether oxygens (including phenoxy) is 1. The van der Waals surface area contributed by atoms with Crippen LogP contribution in [0.4, 0.5) is 0 Å². The maximum atomic E-state index is 5.80. The molecule has 1 N–H and O–H groups in total. The van der Waals surface area contributed by atoms with Gasteiger partial charge in [0, 0.05) is 13.7 Å². The average Bonchev–Trinajstić information content (AvgIpc) is 2.74. The standard InChI is InChI=1S/C15H26BrN3O/c1-4-9-19-14(12(16)11-18-19)13(17-5-2)10-15(20-3)7-6-8-15/h11,13,17H,4-10H2,1-3H3. The number of nitrogens with zero attached hydrogens (tertiary/aromatic N) is 2. The third kappa shape index (κ3) is 3.26. The maximum Gasteiger partial charge on any atom is 0.0697 e. The normalized spacial score (nSPS) is 18.8. The molecule has 1 aromatic rings. The van der Waals surface area contributed by atoms with Crippen molar-refractivity contribution in [3.63, 3.8) is 0 Å². The van der Waals surface area contributed by atoms with Gasteiger partial charge in [-0.3, -0.25) is 4.68 Å². The van der Waals surface area contributed by atoms with Crippen molar-refractivity contribution in [1.29, 1.82) is 0 Å². The zero-order chi connectivity index (χ0) is 14.6. The zero-order valence-electron chi connectivity index (χ0n) is 12.8. The molecular weight excluding hydrogens is 318 g/mol. The number of nitrogens with one attached hydrogen (secondary N) is 1. The van der Waals surface area contributed by atoms with E-state index in [-0.39, 0.29) is 5.60 Å². The van der Waals surface area contributed by atoms with Gasteiger partial charge >= 0.3 is 0 Å². The van der Waals surface area contributed by atoms with Crippen molar-refractivity contribution in [2.24, 2.45) is 0 Å². The Balaban J connectivity index is 2.21. The van der Waals surface area contributed by atoms with E-state index in [4.69, 9.17) is 4.74 Å². The molecule has 0 saturated heterocycles. The molecule has 0 amide bonds. The van der Waals surface area contributed by atoms with Crippen molar-refractivity contribution < 1.29 is 4.74 Å². The number of hydrogen-bond donors (Lipinski definition) is 1. The van der Waals surface area contributed by atoms with Gasteiger partial charge in [-0.25, -0.2) is 0 Å². The fourth-order valence-electron chi connectivity index (χ4n) is 3.05. The molecule has 0 radical (unpaired) electrons. The topological polar surface area (TPSA) is 39.1 Å². The molecule has 1 aromatic heterocycles. The van der Waals surface area contributed by atoms with Crippen LogP contribution in [0.5, 0.6) is 0 Å². The third-order valence-electron chi connectivity index (χ3n) is 4.32. The monoisotopic (exact) mass is 343 g/mol. The second kappa shape index (κ2) is 7.05.